The van der Waals surface area contributed by atoms with Crippen LogP contribution in [-0.4, -0.2) is 34.1 Å². The fraction of sp³-hybridized carbons (Fsp3) is 1.00. The molecule has 0 radical (unpaired) electrons. The molecule has 3 N–H and O–H groups in total. The molecule has 1 heterocycles. The Morgan fingerprint density at radius 1 is 1.44 bits per heavy atom. The van der Waals surface area contributed by atoms with E-state index >= 15 is 0 Å². The Labute approximate surface area is 98.6 Å². The second kappa shape index (κ2) is 5.95. The normalized spacial score (nSPS) is 27.2. The van der Waals surface area contributed by atoms with Crippen LogP contribution in [0.4, 0.5) is 0 Å². The Balaban J connectivity index is 2.38. The average Bonchev–Trinajstić information content (AvgIpc) is 2.14. The molecule has 6 heteroatoms. The molecule has 0 aromatic heterocycles. The third kappa shape index (κ3) is 4.78. The Morgan fingerprint density at radius 3 is 2.69 bits per heavy atom. The summed E-state index contributed by atoms with van der Waals surface area (Å²) in [6, 6.07) is -0.0667. The van der Waals surface area contributed by atoms with Crippen molar-refractivity contribution < 1.29 is 8.42 Å². The van der Waals surface area contributed by atoms with Gasteiger partial charge in [0.05, 0.1) is 0 Å². The van der Waals surface area contributed by atoms with Crippen molar-refractivity contribution in [3.63, 3.8) is 0 Å². The fourth-order valence-electron chi connectivity index (χ4n) is 1.94. The molecule has 2 atom stereocenters. The summed E-state index contributed by atoms with van der Waals surface area (Å²) in [5.41, 5.74) is 0. The number of hydrogen-bond donors (Lipinski definition) is 3. The van der Waals surface area contributed by atoms with Crippen molar-refractivity contribution in [3.8, 4) is 0 Å². The maximum absolute atomic E-state index is 11.6. The molecule has 0 spiro atoms. The zero-order chi connectivity index (χ0) is 12.2. The highest BCUT2D eigenvalue weighted by molar-refractivity contribution is 7.87. The Bertz CT molecular complexity index is 303. The van der Waals surface area contributed by atoms with E-state index in [0.717, 1.165) is 19.5 Å². The minimum Gasteiger partial charge on any atom is -0.316 e. The molecule has 0 aromatic rings. The predicted molar refractivity (Wildman–Crippen MR) is 65.3 cm³/mol. The highest BCUT2D eigenvalue weighted by Gasteiger charge is 2.22. The lowest BCUT2D eigenvalue weighted by Crippen LogP contribution is -2.45. The van der Waals surface area contributed by atoms with Crippen molar-refractivity contribution >= 4 is 10.2 Å². The highest BCUT2D eigenvalue weighted by atomic mass is 32.2. The van der Waals surface area contributed by atoms with Gasteiger partial charge in [-0.1, -0.05) is 6.92 Å². The van der Waals surface area contributed by atoms with E-state index in [2.05, 4.69) is 21.7 Å². The Morgan fingerprint density at radius 2 is 2.12 bits per heavy atom. The van der Waals surface area contributed by atoms with Crippen LogP contribution in [0.25, 0.3) is 0 Å². The van der Waals surface area contributed by atoms with E-state index in [4.69, 9.17) is 0 Å². The lowest BCUT2D eigenvalue weighted by atomic mass is 9.88. The monoisotopic (exact) mass is 249 g/mol. The number of nitrogens with one attached hydrogen (secondary N) is 3. The standard InChI is InChI=1S/C10H23N3O2S/c1-8(2)13-16(14,15)12-7-10-4-5-11-6-9(10)3/h8-13H,4-7H2,1-3H3. The van der Waals surface area contributed by atoms with Crippen LogP contribution < -0.4 is 14.8 Å². The van der Waals surface area contributed by atoms with Crippen LogP contribution in [0, 0.1) is 11.8 Å². The van der Waals surface area contributed by atoms with Crippen molar-refractivity contribution in [1.29, 1.82) is 0 Å². The Hall–Kier alpha value is -0.170. The Kier molecular flexibility index (Phi) is 5.17. The van der Waals surface area contributed by atoms with Crippen molar-refractivity contribution in [2.45, 2.75) is 33.2 Å². The van der Waals surface area contributed by atoms with Gasteiger partial charge in [-0.05, 0) is 45.2 Å². The van der Waals surface area contributed by atoms with Crippen LogP contribution in [0.5, 0.6) is 0 Å². The van der Waals surface area contributed by atoms with Gasteiger partial charge in [0, 0.05) is 12.6 Å². The zero-order valence-electron chi connectivity index (χ0n) is 10.3. The second-order valence-electron chi connectivity index (χ2n) is 4.85. The molecule has 0 aromatic carbocycles. The van der Waals surface area contributed by atoms with E-state index in [1.807, 2.05) is 13.8 Å². The topological polar surface area (TPSA) is 70.2 Å². The molecule has 2 unspecified atom stereocenters. The molecule has 16 heavy (non-hydrogen) atoms. The van der Waals surface area contributed by atoms with E-state index in [1.54, 1.807) is 0 Å². The lowest BCUT2D eigenvalue weighted by Gasteiger charge is -2.29. The molecule has 96 valence electrons. The molecule has 0 aliphatic carbocycles. The molecule has 5 nitrogen and oxygen atoms in total. The van der Waals surface area contributed by atoms with Gasteiger partial charge >= 0.3 is 0 Å². The number of hydrogen-bond acceptors (Lipinski definition) is 3. The average molecular weight is 249 g/mol. The largest absolute Gasteiger partial charge is 0.316 e. The fourth-order valence-corrected chi connectivity index (χ4v) is 3.08. The number of rotatable bonds is 5. The first-order valence-electron chi connectivity index (χ1n) is 5.88. The molecule has 1 aliphatic rings. The maximum Gasteiger partial charge on any atom is 0.277 e. The molecule has 0 amide bonds. The van der Waals surface area contributed by atoms with E-state index < -0.39 is 10.2 Å². The summed E-state index contributed by atoms with van der Waals surface area (Å²) in [6.07, 6.45) is 1.03. The summed E-state index contributed by atoms with van der Waals surface area (Å²) in [7, 11) is -3.32. The first-order valence-corrected chi connectivity index (χ1v) is 7.36. The molecule has 1 saturated heterocycles. The van der Waals surface area contributed by atoms with Gasteiger partial charge in [0.25, 0.3) is 10.2 Å². The number of piperidine rings is 1. The molecular formula is C10H23N3O2S. The van der Waals surface area contributed by atoms with Gasteiger partial charge in [0.15, 0.2) is 0 Å². The minimum atomic E-state index is -3.32. The van der Waals surface area contributed by atoms with Crippen LogP contribution in [0.2, 0.25) is 0 Å². The van der Waals surface area contributed by atoms with Gasteiger partial charge < -0.3 is 5.32 Å². The van der Waals surface area contributed by atoms with Crippen molar-refractivity contribution in [3.05, 3.63) is 0 Å². The minimum absolute atomic E-state index is 0.0667. The lowest BCUT2D eigenvalue weighted by molar-refractivity contribution is 0.274. The van der Waals surface area contributed by atoms with E-state index in [0.29, 0.717) is 18.4 Å². The quantitative estimate of drug-likeness (QED) is 0.645. The maximum atomic E-state index is 11.6. The van der Waals surface area contributed by atoms with Crippen LogP contribution in [-0.2, 0) is 10.2 Å². The summed E-state index contributed by atoms with van der Waals surface area (Å²) in [5.74, 6) is 0.959. The first-order chi connectivity index (χ1) is 7.41. The van der Waals surface area contributed by atoms with Crippen molar-refractivity contribution in [2.24, 2.45) is 11.8 Å². The summed E-state index contributed by atoms with van der Waals surface area (Å²) in [4.78, 5) is 0. The smallest absolute Gasteiger partial charge is 0.277 e. The van der Waals surface area contributed by atoms with Crippen molar-refractivity contribution in [1.82, 2.24) is 14.8 Å². The van der Waals surface area contributed by atoms with E-state index in [1.165, 1.54) is 0 Å². The summed E-state index contributed by atoms with van der Waals surface area (Å²) in [6.45, 7) is 8.27. The van der Waals surface area contributed by atoms with Gasteiger partial charge in [0.1, 0.15) is 0 Å². The summed E-state index contributed by atoms with van der Waals surface area (Å²) in [5, 5.41) is 3.30. The van der Waals surface area contributed by atoms with Gasteiger partial charge in [-0.25, -0.2) is 4.72 Å². The van der Waals surface area contributed by atoms with E-state index in [9.17, 15) is 8.42 Å². The molecule has 1 rings (SSSR count). The highest BCUT2D eigenvalue weighted by Crippen LogP contribution is 2.17. The molecule has 1 fully saturated rings. The second-order valence-corrected chi connectivity index (χ2v) is 6.39. The van der Waals surface area contributed by atoms with E-state index in [-0.39, 0.29) is 6.04 Å². The predicted octanol–water partition coefficient (Wildman–Crippen LogP) is 0.0644. The molecular weight excluding hydrogens is 226 g/mol. The van der Waals surface area contributed by atoms with Crippen LogP contribution in [0.1, 0.15) is 27.2 Å². The third-order valence-corrected chi connectivity index (χ3v) is 4.22. The first kappa shape index (κ1) is 13.9. The SMILES string of the molecule is CC(C)NS(=O)(=O)NCC1CCNCC1C. The van der Waals surface area contributed by atoms with Crippen molar-refractivity contribution in [2.75, 3.05) is 19.6 Å². The molecule has 1 aliphatic heterocycles. The van der Waals surface area contributed by atoms with Crippen LogP contribution >= 0.6 is 0 Å². The van der Waals surface area contributed by atoms with Gasteiger partial charge in [-0.2, -0.15) is 13.1 Å². The van der Waals surface area contributed by atoms with Gasteiger partial charge in [-0.15, -0.1) is 0 Å². The zero-order valence-corrected chi connectivity index (χ0v) is 11.1. The molecule has 0 saturated carbocycles. The summed E-state index contributed by atoms with van der Waals surface area (Å²) >= 11 is 0. The summed E-state index contributed by atoms with van der Waals surface area (Å²) < 4.78 is 28.2. The third-order valence-electron chi connectivity index (χ3n) is 2.89. The van der Waals surface area contributed by atoms with Gasteiger partial charge in [-0.3, -0.25) is 0 Å². The van der Waals surface area contributed by atoms with Crippen LogP contribution in [0.15, 0.2) is 0 Å². The molecule has 0 bridgehead atoms. The van der Waals surface area contributed by atoms with Gasteiger partial charge in [0.2, 0.25) is 0 Å². The van der Waals surface area contributed by atoms with Crippen LogP contribution in [0.3, 0.4) is 0 Å².